The normalized spacial score (nSPS) is 17.3. The van der Waals surface area contributed by atoms with E-state index >= 15 is 0 Å². The molecule has 0 spiro atoms. The minimum atomic E-state index is -3.83. The predicted octanol–water partition coefficient (Wildman–Crippen LogP) is 3.59. The number of hydrogen-bond acceptors (Lipinski definition) is 3. The lowest BCUT2D eigenvalue weighted by atomic mass is 10.3. The SMILES string of the molecule is O=S(=O)(Cl)c1cc(Cl)ccc1OC1CCCC1. The Morgan fingerprint density at radius 1 is 1.24 bits per heavy atom. The van der Waals surface area contributed by atoms with Gasteiger partial charge >= 0.3 is 0 Å². The van der Waals surface area contributed by atoms with Gasteiger partial charge in [0, 0.05) is 15.7 Å². The third-order valence-corrected chi connectivity index (χ3v) is 4.34. The van der Waals surface area contributed by atoms with Crippen LogP contribution in [-0.2, 0) is 9.05 Å². The molecule has 3 nitrogen and oxygen atoms in total. The second-order valence-corrected chi connectivity index (χ2v) is 7.02. The lowest BCUT2D eigenvalue weighted by Gasteiger charge is -2.15. The van der Waals surface area contributed by atoms with Crippen LogP contribution in [0.5, 0.6) is 5.75 Å². The van der Waals surface area contributed by atoms with Gasteiger partial charge in [-0.3, -0.25) is 0 Å². The van der Waals surface area contributed by atoms with E-state index in [0.29, 0.717) is 5.02 Å². The maximum Gasteiger partial charge on any atom is 0.265 e. The van der Waals surface area contributed by atoms with Gasteiger partial charge in [-0.15, -0.1) is 0 Å². The molecule has 94 valence electrons. The van der Waals surface area contributed by atoms with E-state index in [2.05, 4.69) is 0 Å². The maximum atomic E-state index is 11.4. The summed E-state index contributed by atoms with van der Waals surface area (Å²) in [6, 6.07) is 4.46. The number of halogens is 2. The van der Waals surface area contributed by atoms with Gasteiger partial charge in [0.25, 0.3) is 9.05 Å². The Kier molecular flexibility index (Phi) is 3.85. The molecule has 1 aromatic rings. The van der Waals surface area contributed by atoms with Crippen LogP contribution < -0.4 is 4.74 Å². The lowest BCUT2D eigenvalue weighted by molar-refractivity contribution is 0.204. The standard InChI is InChI=1S/C11H12Cl2O3S/c12-8-5-6-10(11(7-8)17(13,14)15)16-9-3-1-2-4-9/h5-7,9H,1-4H2. The van der Waals surface area contributed by atoms with Gasteiger partial charge in [0.2, 0.25) is 0 Å². The van der Waals surface area contributed by atoms with Gasteiger partial charge < -0.3 is 4.74 Å². The van der Waals surface area contributed by atoms with Gasteiger partial charge in [0.15, 0.2) is 0 Å². The molecular formula is C11H12Cl2O3S. The van der Waals surface area contributed by atoms with Crippen LogP contribution in [0, 0.1) is 0 Å². The molecule has 1 aliphatic rings. The van der Waals surface area contributed by atoms with Crippen molar-refractivity contribution in [3.8, 4) is 5.75 Å². The summed E-state index contributed by atoms with van der Waals surface area (Å²) in [5.41, 5.74) is 0. The molecule has 0 N–H and O–H groups in total. The average Bonchev–Trinajstić information content (AvgIpc) is 2.72. The summed E-state index contributed by atoms with van der Waals surface area (Å²) in [7, 11) is 1.52. The minimum Gasteiger partial charge on any atom is -0.489 e. The molecule has 0 atom stereocenters. The monoisotopic (exact) mass is 294 g/mol. The highest BCUT2D eigenvalue weighted by Crippen LogP contribution is 2.33. The fraction of sp³-hybridized carbons (Fsp3) is 0.455. The molecule has 0 aliphatic heterocycles. The van der Waals surface area contributed by atoms with E-state index < -0.39 is 9.05 Å². The van der Waals surface area contributed by atoms with Crippen molar-refractivity contribution < 1.29 is 13.2 Å². The summed E-state index contributed by atoms with van der Waals surface area (Å²) in [5.74, 6) is 0.288. The molecule has 1 aromatic carbocycles. The fourth-order valence-corrected chi connectivity index (χ4v) is 3.18. The van der Waals surface area contributed by atoms with Crippen molar-refractivity contribution in [2.24, 2.45) is 0 Å². The molecule has 1 fully saturated rings. The predicted molar refractivity (Wildman–Crippen MR) is 67.4 cm³/mol. The highest BCUT2D eigenvalue weighted by atomic mass is 35.7. The molecule has 0 unspecified atom stereocenters. The van der Waals surface area contributed by atoms with Crippen molar-refractivity contribution in [1.82, 2.24) is 0 Å². The molecule has 0 radical (unpaired) electrons. The Balaban J connectivity index is 2.32. The molecule has 1 aliphatic carbocycles. The zero-order valence-corrected chi connectivity index (χ0v) is 11.4. The average molecular weight is 295 g/mol. The Morgan fingerprint density at radius 2 is 1.88 bits per heavy atom. The molecule has 17 heavy (non-hydrogen) atoms. The highest BCUT2D eigenvalue weighted by molar-refractivity contribution is 8.13. The smallest absolute Gasteiger partial charge is 0.265 e. The number of rotatable bonds is 3. The Morgan fingerprint density at radius 3 is 2.47 bits per heavy atom. The van der Waals surface area contributed by atoms with Gasteiger partial charge in [0.1, 0.15) is 10.6 Å². The van der Waals surface area contributed by atoms with E-state index in [-0.39, 0.29) is 16.7 Å². The van der Waals surface area contributed by atoms with Crippen LogP contribution in [0.25, 0.3) is 0 Å². The van der Waals surface area contributed by atoms with Crippen LogP contribution in [0.3, 0.4) is 0 Å². The summed E-state index contributed by atoms with van der Waals surface area (Å²) in [5, 5.41) is 0.322. The molecular weight excluding hydrogens is 283 g/mol. The third kappa shape index (κ3) is 3.27. The second kappa shape index (κ2) is 5.04. The van der Waals surface area contributed by atoms with Crippen LogP contribution in [0.4, 0.5) is 0 Å². The number of ether oxygens (including phenoxy) is 1. The molecule has 0 saturated heterocycles. The van der Waals surface area contributed by atoms with Crippen LogP contribution in [0.1, 0.15) is 25.7 Å². The molecule has 2 rings (SSSR count). The molecule has 0 amide bonds. The van der Waals surface area contributed by atoms with Gasteiger partial charge in [-0.2, -0.15) is 0 Å². The van der Waals surface area contributed by atoms with Crippen LogP contribution in [0.2, 0.25) is 5.02 Å². The van der Waals surface area contributed by atoms with Gasteiger partial charge in [-0.25, -0.2) is 8.42 Å². The van der Waals surface area contributed by atoms with E-state index in [0.717, 1.165) is 25.7 Å². The lowest BCUT2D eigenvalue weighted by Crippen LogP contribution is -2.12. The topological polar surface area (TPSA) is 43.4 Å². The van der Waals surface area contributed by atoms with E-state index in [9.17, 15) is 8.42 Å². The zero-order valence-electron chi connectivity index (χ0n) is 9.03. The summed E-state index contributed by atoms with van der Waals surface area (Å²) >= 11 is 5.76. The van der Waals surface area contributed by atoms with Crippen molar-refractivity contribution in [3.05, 3.63) is 23.2 Å². The van der Waals surface area contributed by atoms with Crippen molar-refractivity contribution in [2.45, 2.75) is 36.7 Å². The zero-order chi connectivity index (χ0) is 12.5. The Labute approximate surface area is 110 Å². The first-order chi connectivity index (χ1) is 7.97. The largest absolute Gasteiger partial charge is 0.489 e. The number of benzene rings is 1. The van der Waals surface area contributed by atoms with Gasteiger partial charge in [0.05, 0.1) is 6.10 Å². The Bertz CT molecular complexity index is 507. The fourth-order valence-electron chi connectivity index (χ4n) is 1.96. The first-order valence-electron chi connectivity index (χ1n) is 5.38. The Hall–Kier alpha value is -0.450. The van der Waals surface area contributed by atoms with Crippen LogP contribution in [0.15, 0.2) is 23.1 Å². The first-order valence-corrected chi connectivity index (χ1v) is 8.06. The summed E-state index contributed by atoms with van der Waals surface area (Å²) in [6.07, 6.45) is 4.20. The van der Waals surface area contributed by atoms with E-state index in [1.807, 2.05) is 0 Å². The minimum absolute atomic E-state index is 0.0569. The van der Waals surface area contributed by atoms with Gasteiger partial charge in [-0.1, -0.05) is 11.6 Å². The van der Waals surface area contributed by atoms with Crippen molar-refractivity contribution >= 4 is 31.3 Å². The highest BCUT2D eigenvalue weighted by Gasteiger charge is 2.22. The summed E-state index contributed by atoms with van der Waals surface area (Å²) < 4.78 is 28.5. The molecule has 0 heterocycles. The van der Waals surface area contributed by atoms with E-state index in [4.69, 9.17) is 27.0 Å². The molecule has 1 saturated carbocycles. The van der Waals surface area contributed by atoms with Crippen molar-refractivity contribution in [3.63, 3.8) is 0 Å². The molecule has 0 bridgehead atoms. The van der Waals surface area contributed by atoms with Crippen molar-refractivity contribution in [1.29, 1.82) is 0 Å². The van der Waals surface area contributed by atoms with Crippen LogP contribution >= 0.6 is 22.3 Å². The summed E-state index contributed by atoms with van der Waals surface area (Å²) in [4.78, 5) is -0.0569. The summed E-state index contributed by atoms with van der Waals surface area (Å²) in [6.45, 7) is 0. The van der Waals surface area contributed by atoms with Gasteiger partial charge in [-0.05, 0) is 43.9 Å². The molecule has 0 aromatic heterocycles. The van der Waals surface area contributed by atoms with Crippen molar-refractivity contribution in [2.75, 3.05) is 0 Å². The maximum absolute atomic E-state index is 11.4. The molecule has 6 heteroatoms. The quantitative estimate of drug-likeness (QED) is 0.800. The van der Waals surface area contributed by atoms with Crippen LogP contribution in [-0.4, -0.2) is 14.5 Å². The van der Waals surface area contributed by atoms with E-state index in [1.165, 1.54) is 6.07 Å². The first kappa shape index (κ1) is 13.0. The number of hydrogen-bond donors (Lipinski definition) is 0. The van der Waals surface area contributed by atoms with E-state index in [1.54, 1.807) is 12.1 Å². The second-order valence-electron chi connectivity index (χ2n) is 4.05. The third-order valence-electron chi connectivity index (χ3n) is 2.76.